The van der Waals surface area contributed by atoms with Crippen molar-refractivity contribution in [2.45, 2.75) is 6.92 Å². The van der Waals surface area contributed by atoms with E-state index in [0.29, 0.717) is 17.0 Å². The van der Waals surface area contributed by atoms with Crippen molar-refractivity contribution in [2.75, 3.05) is 7.11 Å². The third kappa shape index (κ3) is 2.20. The van der Waals surface area contributed by atoms with Gasteiger partial charge in [0, 0.05) is 6.07 Å². The molecule has 6 heteroatoms. The average Bonchev–Trinajstić information content (AvgIpc) is 3.29. The van der Waals surface area contributed by atoms with Crippen molar-refractivity contribution in [3.05, 3.63) is 60.1 Å². The van der Waals surface area contributed by atoms with Gasteiger partial charge in [0.05, 0.1) is 12.8 Å². The minimum absolute atomic E-state index is 0.123. The van der Waals surface area contributed by atoms with Gasteiger partial charge in [-0.05, 0) is 31.2 Å². The van der Waals surface area contributed by atoms with Gasteiger partial charge in [-0.3, -0.25) is 0 Å². The van der Waals surface area contributed by atoms with Crippen LogP contribution in [-0.4, -0.2) is 22.9 Å². The highest BCUT2D eigenvalue weighted by Gasteiger charge is 2.21. The highest BCUT2D eigenvalue weighted by Crippen LogP contribution is 2.33. The zero-order chi connectivity index (χ0) is 16.7. The Balaban J connectivity index is 1.90. The van der Waals surface area contributed by atoms with Crippen molar-refractivity contribution in [1.82, 2.24) is 9.78 Å². The number of nitrogens with zero attached hydrogens (tertiary/aromatic N) is 2. The molecule has 4 aromatic rings. The number of hydrogen-bond acceptors (Lipinski definition) is 5. The lowest BCUT2D eigenvalue weighted by Gasteiger charge is -2.00. The molecule has 3 heterocycles. The maximum Gasteiger partial charge on any atom is 0.373 e. The number of fused-ring (bicyclic) bond motifs is 1. The first-order valence-electron chi connectivity index (χ1n) is 7.40. The maximum absolute atomic E-state index is 11.6. The molecule has 0 saturated heterocycles. The van der Waals surface area contributed by atoms with E-state index in [1.165, 1.54) is 7.11 Å². The maximum atomic E-state index is 11.6. The number of rotatable bonds is 3. The summed E-state index contributed by atoms with van der Waals surface area (Å²) in [4.78, 5) is 11.6. The van der Waals surface area contributed by atoms with Gasteiger partial charge in [0.1, 0.15) is 11.3 Å². The summed E-state index contributed by atoms with van der Waals surface area (Å²) in [5.74, 6) is 0.811. The fraction of sp³-hybridized carbons (Fsp3) is 0.111. The van der Waals surface area contributed by atoms with Gasteiger partial charge in [-0.1, -0.05) is 18.2 Å². The Hall–Kier alpha value is -3.28. The van der Waals surface area contributed by atoms with Crippen LogP contribution in [0.4, 0.5) is 0 Å². The van der Waals surface area contributed by atoms with E-state index >= 15 is 0 Å². The summed E-state index contributed by atoms with van der Waals surface area (Å²) in [6.45, 7) is 1.88. The second kappa shape index (κ2) is 5.42. The third-order valence-electron chi connectivity index (χ3n) is 3.71. The van der Waals surface area contributed by atoms with Gasteiger partial charge in [0.25, 0.3) is 0 Å². The highest BCUT2D eigenvalue weighted by atomic mass is 16.5. The molecule has 0 fully saturated rings. The molecule has 6 nitrogen and oxygen atoms in total. The molecule has 0 radical (unpaired) electrons. The predicted octanol–water partition coefficient (Wildman–Crippen LogP) is 3.97. The summed E-state index contributed by atoms with van der Waals surface area (Å²) in [5.41, 5.74) is 2.90. The molecular formula is C18H14N2O4. The minimum Gasteiger partial charge on any atom is -0.463 e. The van der Waals surface area contributed by atoms with E-state index in [4.69, 9.17) is 8.83 Å². The van der Waals surface area contributed by atoms with Crippen LogP contribution in [0.25, 0.3) is 28.2 Å². The number of hydrogen-bond donors (Lipinski definition) is 0. The van der Waals surface area contributed by atoms with Crippen molar-refractivity contribution < 1.29 is 18.4 Å². The minimum atomic E-state index is -0.532. The number of carbonyl (C=O) groups excluding carboxylic acids is 1. The Morgan fingerprint density at radius 1 is 1.12 bits per heavy atom. The molecule has 0 bridgehead atoms. The van der Waals surface area contributed by atoms with Crippen molar-refractivity contribution in [1.29, 1.82) is 0 Å². The lowest BCUT2D eigenvalue weighted by Crippen LogP contribution is -1.98. The molecule has 0 amide bonds. The smallest absolute Gasteiger partial charge is 0.373 e. The van der Waals surface area contributed by atoms with E-state index in [1.54, 1.807) is 16.8 Å². The van der Waals surface area contributed by atoms with Crippen LogP contribution in [0.5, 0.6) is 0 Å². The Labute approximate surface area is 137 Å². The van der Waals surface area contributed by atoms with Gasteiger partial charge in [-0.25, -0.2) is 9.48 Å². The summed E-state index contributed by atoms with van der Waals surface area (Å²) >= 11 is 0. The number of methoxy groups -OCH3 is 1. The fourth-order valence-electron chi connectivity index (χ4n) is 2.63. The van der Waals surface area contributed by atoms with Gasteiger partial charge in [-0.2, -0.15) is 5.10 Å². The topological polar surface area (TPSA) is 70.4 Å². The van der Waals surface area contributed by atoms with Gasteiger partial charge in [0.2, 0.25) is 5.76 Å². The van der Waals surface area contributed by atoms with Crippen LogP contribution in [0, 0.1) is 6.92 Å². The molecule has 0 unspecified atom stereocenters. The first-order chi connectivity index (χ1) is 11.7. The van der Waals surface area contributed by atoms with Crippen molar-refractivity contribution >= 4 is 17.1 Å². The van der Waals surface area contributed by atoms with E-state index in [9.17, 15) is 4.79 Å². The van der Waals surface area contributed by atoms with Crippen LogP contribution in [-0.2, 0) is 4.74 Å². The molecule has 0 aliphatic rings. The highest BCUT2D eigenvalue weighted by molar-refractivity contribution is 5.91. The molecule has 4 rings (SSSR count). The molecule has 0 spiro atoms. The monoisotopic (exact) mass is 322 g/mol. The molecular weight excluding hydrogens is 308 g/mol. The first kappa shape index (κ1) is 14.3. The predicted molar refractivity (Wildman–Crippen MR) is 87.1 cm³/mol. The standard InChI is InChI=1S/C18H14N2O4/c1-11-10-13-17(23-11)16(14-8-9-15(24-14)18(21)22-2)19-20(13)12-6-4-3-5-7-12/h3-10H,1-2H3. The number of benzene rings is 1. The van der Waals surface area contributed by atoms with Crippen LogP contribution in [0.1, 0.15) is 16.3 Å². The quantitative estimate of drug-likeness (QED) is 0.534. The second-order valence-corrected chi connectivity index (χ2v) is 5.32. The third-order valence-corrected chi connectivity index (χ3v) is 3.71. The number of esters is 1. The lowest BCUT2D eigenvalue weighted by atomic mass is 10.3. The Morgan fingerprint density at radius 3 is 2.67 bits per heavy atom. The molecule has 0 saturated carbocycles. The van der Waals surface area contributed by atoms with Crippen molar-refractivity contribution in [3.8, 4) is 17.1 Å². The lowest BCUT2D eigenvalue weighted by molar-refractivity contribution is 0.0566. The van der Waals surface area contributed by atoms with Crippen molar-refractivity contribution in [3.63, 3.8) is 0 Å². The van der Waals surface area contributed by atoms with Crippen LogP contribution in [0.15, 0.2) is 57.4 Å². The average molecular weight is 322 g/mol. The molecule has 3 aromatic heterocycles. The Kier molecular flexibility index (Phi) is 3.23. The molecule has 1 aromatic carbocycles. The Bertz CT molecular complexity index is 1020. The number of carbonyl (C=O) groups is 1. The molecule has 120 valence electrons. The molecule has 0 aliphatic heterocycles. The normalized spacial score (nSPS) is 11.1. The molecule has 0 atom stereocenters. The first-order valence-corrected chi connectivity index (χ1v) is 7.40. The van der Waals surface area contributed by atoms with E-state index < -0.39 is 5.97 Å². The van der Waals surface area contributed by atoms with Crippen LogP contribution < -0.4 is 0 Å². The number of furan rings is 2. The SMILES string of the molecule is COC(=O)c1ccc(-c2nn(-c3ccccc3)c3cc(C)oc23)o1. The largest absolute Gasteiger partial charge is 0.463 e. The van der Waals surface area contributed by atoms with Gasteiger partial charge >= 0.3 is 5.97 Å². The summed E-state index contributed by atoms with van der Waals surface area (Å²) in [7, 11) is 1.31. The van der Waals surface area contributed by atoms with Crippen molar-refractivity contribution in [2.24, 2.45) is 0 Å². The zero-order valence-corrected chi connectivity index (χ0v) is 13.1. The van der Waals surface area contributed by atoms with E-state index in [0.717, 1.165) is 17.0 Å². The summed E-state index contributed by atoms with van der Waals surface area (Å²) < 4.78 is 17.8. The molecule has 0 N–H and O–H groups in total. The number of ether oxygens (including phenoxy) is 1. The van der Waals surface area contributed by atoms with Crippen LogP contribution in [0.3, 0.4) is 0 Å². The van der Waals surface area contributed by atoms with E-state index in [-0.39, 0.29) is 5.76 Å². The number of aromatic nitrogens is 2. The summed E-state index contributed by atoms with van der Waals surface area (Å²) in [6, 6.07) is 14.9. The summed E-state index contributed by atoms with van der Waals surface area (Å²) in [6.07, 6.45) is 0. The van der Waals surface area contributed by atoms with Crippen LogP contribution in [0.2, 0.25) is 0 Å². The second-order valence-electron chi connectivity index (χ2n) is 5.32. The number of para-hydroxylation sites is 1. The number of aryl methyl sites for hydroxylation is 1. The zero-order valence-electron chi connectivity index (χ0n) is 13.1. The van der Waals surface area contributed by atoms with E-state index in [1.807, 2.05) is 43.3 Å². The molecule has 24 heavy (non-hydrogen) atoms. The molecule has 0 aliphatic carbocycles. The van der Waals surface area contributed by atoms with Crippen LogP contribution >= 0.6 is 0 Å². The fourth-order valence-corrected chi connectivity index (χ4v) is 2.63. The summed E-state index contributed by atoms with van der Waals surface area (Å²) in [5, 5.41) is 4.61. The van der Waals surface area contributed by atoms with E-state index in [2.05, 4.69) is 9.84 Å². The van der Waals surface area contributed by atoms with Gasteiger partial charge in [-0.15, -0.1) is 0 Å². The Morgan fingerprint density at radius 2 is 1.92 bits per heavy atom. The van der Waals surface area contributed by atoms with Gasteiger partial charge in [0.15, 0.2) is 17.0 Å². The van der Waals surface area contributed by atoms with Gasteiger partial charge < -0.3 is 13.6 Å².